The monoisotopic (exact) mass is 377 g/mol. The van der Waals surface area contributed by atoms with E-state index in [2.05, 4.69) is 36.2 Å². The molecular weight excluding hydrogens is 350 g/mol. The number of aryl methyl sites for hydroxylation is 1. The molecule has 0 spiro atoms. The molecule has 0 N–H and O–H groups in total. The number of ether oxygens (including phenoxy) is 1. The molecule has 2 aromatic carbocycles. The van der Waals surface area contributed by atoms with E-state index >= 15 is 0 Å². The number of fused-ring (bicyclic) bond motifs is 2. The summed E-state index contributed by atoms with van der Waals surface area (Å²) in [4.78, 5) is 17.4. The summed E-state index contributed by atoms with van der Waals surface area (Å²) in [7, 11) is 7.64. The number of hydrogen-bond donors (Lipinski definition) is 0. The summed E-state index contributed by atoms with van der Waals surface area (Å²) < 4.78 is 7.28. The number of nitrogens with zero attached hydrogens (tertiary/aromatic N) is 3. The Morgan fingerprint density at radius 3 is 2.64 bits per heavy atom. The molecule has 4 rings (SSSR count). The van der Waals surface area contributed by atoms with Crippen LogP contribution in [0.2, 0.25) is 0 Å². The number of methoxy groups -OCH3 is 1. The Labute approximate surface area is 166 Å². The van der Waals surface area contributed by atoms with Crippen molar-refractivity contribution in [3.8, 4) is 5.75 Å². The molecule has 3 aromatic rings. The fraction of sp³-hybridized carbons (Fsp3) is 0.348. The van der Waals surface area contributed by atoms with Gasteiger partial charge in [0.15, 0.2) is 0 Å². The molecule has 0 aliphatic carbocycles. The lowest BCUT2D eigenvalue weighted by Crippen LogP contribution is -2.46. The van der Waals surface area contributed by atoms with Crippen LogP contribution in [0, 0.1) is 0 Å². The van der Waals surface area contributed by atoms with Gasteiger partial charge >= 0.3 is 0 Å². The van der Waals surface area contributed by atoms with E-state index < -0.39 is 0 Å². The summed E-state index contributed by atoms with van der Waals surface area (Å²) in [5.41, 5.74) is 4.51. The van der Waals surface area contributed by atoms with Gasteiger partial charge in [0.1, 0.15) is 11.4 Å². The van der Waals surface area contributed by atoms with E-state index in [1.165, 1.54) is 11.1 Å². The van der Waals surface area contributed by atoms with Crippen molar-refractivity contribution in [1.29, 1.82) is 0 Å². The average molecular weight is 377 g/mol. The van der Waals surface area contributed by atoms with Crippen molar-refractivity contribution in [3.05, 3.63) is 65.4 Å². The van der Waals surface area contributed by atoms with Crippen LogP contribution in [0.25, 0.3) is 10.9 Å². The predicted molar refractivity (Wildman–Crippen MR) is 112 cm³/mol. The van der Waals surface area contributed by atoms with Crippen molar-refractivity contribution in [2.75, 3.05) is 27.7 Å². The summed E-state index contributed by atoms with van der Waals surface area (Å²) in [5.74, 6) is 0.845. The van der Waals surface area contributed by atoms with Gasteiger partial charge in [0.05, 0.1) is 7.11 Å². The molecule has 5 heteroatoms. The van der Waals surface area contributed by atoms with E-state index in [1.807, 2.05) is 47.8 Å². The first-order valence-electron chi connectivity index (χ1n) is 9.64. The Hall–Kier alpha value is -2.79. The van der Waals surface area contributed by atoms with Crippen LogP contribution in [-0.4, -0.2) is 54.1 Å². The fourth-order valence-corrected chi connectivity index (χ4v) is 4.18. The molecule has 2 heterocycles. The molecule has 5 nitrogen and oxygen atoms in total. The molecule has 146 valence electrons. The maximum Gasteiger partial charge on any atom is 0.270 e. The van der Waals surface area contributed by atoms with Gasteiger partial charge in [-0.25, -0.2) is 0 Å². The van der Waals surface area contributed by atoms with Crippen molar-refractivity contribution < 1.29 is 9.53 Å². The smallest absolute Gasteiger partial charge is 0.270 e. The molecule has 0 saturated carbocycles. The zero-order valence-electron chi connectivity index (χ0n) is 17.0. The minimum absolute atomic E-state index is 0.0462. The van der Waals surface area contributed by atoms with Gasteiger partial charge in [0.2, 0.25) is 0 Å². The predicted octanol–water partition coefficient (Wildman–Crippen LogP) is 3.32. The van der Waals surface area contributed by atoms with E-state index in [0.29, 0.717) is 18.3 Å². The number of likely N-dealkylation sites (N-methyl/N-ethyl adjacent to an activating group) is 2. The standard InChI is InChI=1S/C23H27N3O2/c1-24-14-17-8-6-5-7-16(17)11-19(24)15-25(2)23(27)22-13-18-12-20(28-4)9-10-21(18)26(22)3/h5-10,12-13,19H,11,14-15H2,1-4H3. The lowest BCUT2D eigenvalue weighted by molar-refractivity contribution is 0.0724. The molecule has 0 radical (unpaired) electrons. The van der Waals surface area contributed by atoms with Crippen molar-refractivity contribution in [2.24, 2.45) is 7.05 Å². The minimum Gasteiger partial charge on any atom is -0.497 e. The van der Waals surface area contributed by atoms with Gasteiger partial charge < -0.3 is 14.2 Å². The Morgan fingerprint density at radius 2 is 1.89 bits per heavy atom. The summed E-state index contributed by atoms with van der Waals surface area (Å²) in [6, 6.07) is 16.8. The first kappa shape index (κ1) is 18.6. The van der Waals surface area contributed by atoms with Crippen LogP contribution in [0.3, 0.4) is 0 Å². The normalized spacial score (nSPS) is 16.8. The molecule has 0 saturated heterocycles. The van der Waals surface area contributed by atoms with Crippen LogP contribution in [0.1, 0.15) is 21.6 Å². The Bertz CT molecular complexity index is 1020. The molecule has 1 unspecified atom stereocenters. The van der Waals surface area contributed by atoms with Crippen LogP contribution in [0.5, 0.6) is 5.75 Å². The lowest BCUT2D eigenvalue weighted by atomic mass is 9.94. The molecule has 1 aliphatic heterocycles. The average Bonchev–Trinajstić information content (AvgIpc) is 3.03. The quantitative estimate of drug-likeness (QED) is 0.700. The first-order valence-corrected chi connectivity index (χ1v) is 9.64. The van der Waals surface area contributed by atoms with E-state index in [1.54, 1.807) is 7.11 Å². The zero-order chi connectivity index (χ0) is 19.8. The van der Waals surface area contributed by atoms with Gasteiger partial charge in [-0.1, -0.05) is 24.3 Å². The Balaban J connectivity index is 1.54. The number of carbonyl (C=O) groups is 1. The summed E-state index contributed by atoms with van der Waals surface area (Å²) >= 11 is 0. The molecule has 0 bridgehead atoms. The highest BCUT2D eigenvalue weighted by Gasteiger charge is 2.26. The number of hydrogen-bond acceptors (Lipinski definition) is 3. The lowest BCUT2D eigenvalue weighted by Gasteiger charge is -2.36. The van der Waals surface area contributed by atoms with Gasteiger partial charge in [-0.15, -0.1) is 0 Å². The molecule has 1 aliphatic rings. The van der Waals surface area contributed by atoms with E-state index in [-0.39, 0.29) is 5.91 Å². The second-order valence-electron chi connectivity index (χ2n) is 7.74. The summed E-state index contributed by atoms with van der Waals surface area (Å²) in [6.07, 6.45) is 0.969. The van der Waals surface area contributed by atoms with Gasteiger partial charge in [-0.3, -0.25) is 9.69 Å². The molecule has 1 amide bonds. The van der Waals surface area contributed by atoms with Gasteiger partial charge in [0.25, 0.3) is 5.91 Å². The SMILES string of the molecule is COc1ccc2c(c1)cc(C(=O)N(C)CC1Cc3ccccc3CN1C)n2C. The largest absolute Gasteiger partial charge is 0.497 e. The van der Waals surface area contributed by atoms with Crippen LogP contribution in [0.15, 0.2) is 48.5 Å². The fourth-order valence-electron chi connectivity index (χ4n) is 4.18. The second kappa shape index (κ2) is 7.32. The molecular formula is C23H27N3O2. The second-order valence-corrected chi connectivity index (χ2v) is 7.74. The number of amides is 1. The van der Waals surface area contributed by atoms with Gasteiger partial charge in [0, 0.05) is 44.1 Å². The van der Waals surface area contributed by atoms with Crippen molar-refractivity contribution >= 4 is 16.8 Å². The molecule has 1 atom stereocenters. The number of benzene rings is 2. The third-order valence-corrected chi connectivity index (χ3v) is 5.92. The number of rotatable bonds is 4. The third-order valence-electron chi connectivity index (χ3n) is 5.92. The third kappa shape index (κ3) is 3.27. The van der Waals surface area contributed by atoms with E-state index in [9.17, 15) is 4.79 Å². The molecule has 28 heavy (non-hydrogen) atoms. The van der Waals surface area contributed by atoms with Crippen LogP contribution >= 0.6 is 0 Å². The minimum atomic E-state index is 0.0462. The van der Waals surface area contributed by atoms with Crippen LogP contribution in [0.4, 0.5) is 0 Å². The highest BCUT2D eigenvalue weighted by molar-refractivity contribution is 5.99. The first-order chi connectivity index (χ1) is 13.5. The highest BCUT2D eigenvalue weighted by Crippen LogP contribution is 2.26. The maximum atomic E-state index is 13.2. The summed E-state index contributed by atoms with van der Waals surface area (Å²) in [5, 5.41) is 1.02. The number of carbonyl (C=O) groups excluding carboxylic acids is 1. The summed E-state index contributed by atoms with van der Waals surface area (Å²) in [6.45, 7) is 1.63. The van der Waals surface area contributed by atoms with E-state index in [4.69, 9.17) is 4.74 Å². The van der Waals surface area contributed by atoms with Gasteiger partial charge in [-0.05, 0) is 48.9 Å². The Morgan fingerprint density at radius 1 is 1.14 bits per heavy atom. The van der Waals surface area contributed by atoms with E-state index in [0.717, 1.165) is 29.6 Å². The van der Waals surface area contributed by atoms with Crippen molar-refractivity contribution in [3.63, 3.8) is 0 Å². The zero-order valence-corrected chi connectivity index (χ0v) is 17.0. The highest BCUT2D eigenvalue weighted by atomic mass is 16.5. The molecule has 1 aromatic heterocycles. The van der Waals surface area contributed by atoms with Crippen LogP contribution < -0.4 is 4.74 Å². The van der Waals surface area contributed by atoms with Gasteiger partial charge in [-0.2, -0.15) is 0 Å². The Kier molecular flexibility index (Phi) is 4.85. The van der Waals surface area contributed by atoms with Crippen LogP contribution in [-0.2, 0) is 20.0 Å². The molecule has 0 fully saturated rings. The topological polar surface area (TPSA) is 37.7 Å². The van der Waals surface area contributed by atoms with Crippen molar-refractivity contribution in [2.45, 2.75) is 19.0 Å². The maximum absolute atomic E-state index is 13.2. The number of aromatic nitrogens is 1. The van der Waals surface area contributed by atoms with Crippen molar-refractivity contribution in [1.82, 2.24) is 14.4 Å².